The Labute approximate surface area is 184 Å². The van der Waals surface area contributed by atoms with Crippen molar-refractivity contribution in [3.05, 3.63) is 59.4 Å². The molecule has 164 valence electrons. The summed E-state index contributed by atoms with van der Waals surface area (Å²) in [7, 11) is 1.66. The molecule has 4 rings (SSSR count). The van der Waals surface area contributed by atoms with Gasteiger partial charge in [-0.1, -0.05) is 18.2 Å². The molecule has 1 aromatic carbocycles. The second-order valence-electron chi connectivity index (χ2n) is 8.81. The van der Waals surface area contributed by atoms with Gasteiger partial charge >= 0.3 is 0 Å². The highest BCUT2D eigenvalue weighted by Crippen LogP contribution is 2.40. The summed E-state index contributed by atoms with van der Waals surface area (Å²) in [5, 5.41) is 0. The van der Waals surface area contributed by atoms with Gasteiger partial charge in [0.15, 0.2) is 0 Å². The molecule has 0 spiro atoms. The van der Waals surface area contributed by atoms with Gasteiger partial charge in [0, 0.05) is 49.5 Å². The monoisotopic (exact) mass is 421 g/mol. The van der Waals surface area contributed by atoms with E-state index in [9.17, 15) is 9.59 Å². The average Bonchev–Trinajstić information content (AvgIpc) is 2.78. The predicted octanol–water partition coefficient (Wildman–Crippen LogP) is 3.69. The van der Waals surface area contributed by atoms with Gasteiger partial charge in [-0.3, -0.25) is 14.6 Å². The molecule has 2 fully saturated rings. The molecule has 2 saturated heterocycles. The average molecular weight is 422 g/mol. The predicted molar refractivity (Wildman–Crippen MR) is 119 cm³/mol. The van der Waals surface area contributed by atoms with Gasteiger partial charge in [0.1, 0.15) is 5.75 Å². The van der Waals surface area contributed by atoms with Crippen molar-refractivity contribution in [1.29, 1.82) is 0 Å². The minimum absolute atomic E-state index is 0.0290. The molecule has 2 aliphatic heterocycles. The van der Waals surface area contributed by atoms with Gasteiger partial charge in [0.05, 0.1) is 18.7 Å². The zero-order chi connectivity index (χ0) is 22.0. The van der Waals surface area contributed by atoms with Crippen molar-refractivity contribution in [2.75, 3.05) is 20.2 Å². The fraction of sp³-hybridized carbons (Fsp3) is 0.480. The van der Waals surface area contributed by atoms with Crippen molar-refractivity contribution in [3.63, 3.8) is 0 Å². The van der Waals surface area contributed by atoms with Crippen LogP contribution in [0.15, 0.2) is 42.6 Å². The van der Waals surface area contributed by atoms with Gasteiger partial charge < -0.3 is 14.5 Å². The fourth-order valence-corrected chi connectivity index (χ4v) is 5.36. The number of methoxy groups -OCH3 is 1. The lowest BCUT2D eigenvalue weighted by Gasteiger charge is -2.56. The Hall–Kier alpha value is -2.89. The molecule has 6 nitrogen and oxygen atoms in total. The molecule has 2 amide bonds. The first-order valence-electron chi connectivity index (χ1n) is 11.1. The number of rotatable bonds is 4. The number of nitrogens with zero attached hydrogens (tertiary/aromatic N) is 3. The first kappa shape index (κ1) is 21.3. The smallest absolute Gasteiger partial charge is 0.254 e. The number of amides is 2. The van der Waals surface area contributed by atoms with Crippen molar-refractivity contribution in [3.8, 4) is 5.75 Å². The number of hydrogen-bond donors (Lipinski definition) is 0. The maximum Gasteiger partial charge on any atom is 0.254 e. The Balaban J connectivity index is 1.59. The van der Waals surface area contributed by atoms with E-state index < -0.39 is 0 Å². The molecule has 0 unspecified atom stereocenters. The van der Waals surface area contributed by atoms with Crippen LogP contribution >= 0.6 is 0 Å². The summed E-state index contributed by atoms with van der Waals surface area (Å²) in [5.74, 6) is 0.952. The normalized spacial score (nSPS) is 23.3. The number of piperidine rings is 2. The van der Waals surface area contributed by atoms with E-state index in [0.717, 1.165) is 55.8 Å². The van der Waals surface area contributed by atoms with E-state index in [1.807, 2.05) is 40.1 Å². The van der Waals surface area contributed by atoms with E-state index in [1.54, 1.807) is 26.3 Å². The van der Waals surface area contributed by atoms with Crippen LogP contribution < -0.4 is 4.74 Å². The van der Waals surface area contributed by atoms with Crippen molar-refractivity contribution in [2.24, 2.45) is 0 Å². The molecule has 6 heteroatoms. The summed E-state index contributed by atoms with van der Waals surface area (Å²) in [6.07, 6.45) is 6.02. The Morgan fingerprint density at radius 2 is 2.00 bits per heavy atom. The summed E-state index contributed by atoms with van der Waals surface area (Å²) < 4.78 is 5.46. The summed E-state index contributed by atoms with van der Waals surface area (Å²) in [6, 6.07) is 11.7. The maximum absolute atomic E-state index is 13.6. The highest BCUT2D eigenvalue weighted by Gasteiger charge is 2.49. The van der Waals surface area contributed by atoms with Gasteiger partial charge in [0.25, 0.3) is 5.91 Å². The van der Waals surface area contributed by atoms with E-state index in [1.165, 1.54) is 0 Å². The standard InChI is InChI=1S/C25H31N3O3/c1-18(29)27-14-7-12-25(2)23(27)10-6-15-28(25)24(30)20-11-13-26-21(17-20)16-19-8-4-5-9-22(19)31-3/h4-5,8-9,11,13,17,23H,6-7,10,12,14-16H2,1-3H3/t23-,25-/m0/s1. The van der Waals surface area contributed by atoms with Crippen LogP contribution in [0.1, 0.15) is 61.1 Å². The topological polar surface area (TPSA) is 62.7 Å². The second-order valence-corrected chi connectivity index (χ2v) is 8.81. The minimum atomic E-state index is -0.328. The number of benzene rings is 1. The van der Waals surface area contributed by atoms with E-state index in [2.05, 4.69) is 11.9 Å². The highest BCUT2D eigenvalue weighted by molar-refractivity contribution is 5.95. The summed E-state index contributed by atoms with van der Waals surface area (Å²) >= 11 is 0. The number of fused-ring (bicyclic) bond motifs is 1. The lowest BCUT2D eigenvalue weighted by Crippen LogP contribution is -2.68. The molecule has 0 radical (unpaired) electrons. The molecule has 31 heavy (non-hydrogen) atoms. The van der Waals surface area contributed by atoms with Crippen LogP contribution in [-0.4, -0.2) is 58.4 Å². The Kier molecular flexibility index (Phi) is 5.99. The zero-order valence-corrected chi connectivity index (χ0v) is 18.6. The van der Waals surface area contributed by atoms with Crippen LogP contribution in [0.5, 0.6) is 5.75 Å². The number of para-hydroxylation sites is 1. The fourth-order valence-electron chi connectivity index (χ4n) is 5.36. The van der Waals surface area contributed by atoms with Crippen LogP contribution in [0.2, 0.25) is 0 Å². The van der Waals surface area contributed by atoms with Crippen molar-refractivity contribution in [2.45, 2.75) is 57.5 Å². The number of carbonyl (C=O) groups excluding carboxylic acids is 2. The number of carbonyl (C=O) groups is 2. The summed E-state index contributed by atoms with van der Waals surface area (Å²) in [4.78, 5) is 34.3. The number of likely N-dealkylation sites (tertiary alicyclic amines) is 2. The molecule has 1 aromatic heterocycles. The third-order valence-corrected chi connectivity index (χ3v) is 6.93. The first-order valence-corrected chi connectivity index (χ1v) is 11.1. The molecular formula is C25H31N3O3. The van der Waals surface area contributed by atoms with Crippen LogP contribution in [0.25, 0.3) is 0 Å². The van der Waals surface area contributed by atoms with Crippen LogP contribution in [0.4, 0.5) is 0 Å². The van der Waals surface area contributed by atoms with Crippen molar-refractivity contribution < 1.29 is 14.3 Å². The van der Waals surface area contributed by atoms with Gasteiger partial charge in [-0.2, -0.15) is 0 Å². The minimum Gasteiger partial charge on any atom is -0.496 e. The molecule has 0 aliphatic carbocycles. The molecule has 2 atom stereocenters. The van der Waals surface area contributed by atoms with Crippen LogP contribution in [-0.2, 0) is 11.2 Å². The van der Waals surface area contributed by atoms with Crippen LogP contribution in [0.3, 0.4) is 0 Å². The largest absolute Gasteiger partial charge is 0.496 e. The molecule has 2 aromatic rings. The molecule has 0 bridgehead atoms. The summed E-state index contributed by atoms with van der Waals surface area (Å²) in [6.45, 7) is 5.30. The molecule has 0 N–H and O–H groups in total. The molecule has 2 aliphatic rings. The Bertz CT molecular complexity index is 976. The number of aromatic nitrogens is 1. The molecule has 0 saturated carbocycles. The van der Waals surface area contributed by atoms with Gasteiger partial charge in [-0.15, -0.1) is 0 Å². The number of hydrogen-bond acceptors (Lipinski definition) is 4. The van der Waals surface area contributed by atoms with E-state index in [0.29, 0.717) is 12.0 Å². The van der Waals surface area contributed by atoms with Crippen LogP contribution in [0, 0.1) is 0 Å². The van der Waals surface area contributed by atoms with E-state index >= 15 is 0 Å². The van der Waals surface area contributed by atoms with Crippen molar-refractivity contribution in [1.82, 2.24) is 14.8 Å². The first-order chi connectivity index (χ1) is 14.9. The molecule has 3 heterocycles. The second kappa shape index (κ2) is 8.69. The lowest BCUT2D eigenvalue weighted by molar-refractivity contribution is -0.140. The lowest BCUT2D eigenvalue weighted by atomic mass is 9.75. The van der Waals surface area contributed by atoms with Gasteiger partial charge in [-0.05, 0) is 50.8 Å². The van der Waals surface area contributed by atoms with E-state index in [4.69, 9.17) is 4.74 Å². The third kappa shape index (κ3) is 4.03. The third-order valence-electron chi connectivity index (χ3n) is 6.93. The summed E-state index contributed by atoms with van der Waals surface area (Å²) in [5.41, 5.74) is 2.20. The van der Waals surface area contributed by atoms with E-state index in [-0.39, 0.29) is 23.4 Å². The Morgan fingerprint density at radius 1 is 1.19 bits per heavy atom. The quantitative estimate of drug-likeness (QED) is 0.755. The zero-order valence-electron chi connectivity index (χ0n) is 18.6. The van der Waals surface area contributed by atoms with Gasteiger partial charge in [-0.25, -0.2) is 0 Å². The van der Waals surface area contributed by atoms with Gasteiger partial charge in [0.2, 0.25) is 5.91 Å². The molecular weight excluding hydrogens is 390 g/mol. The highest BCUT2D eigenvalue weighted by atomic mass is 16.5. The van der Waals surface area contributed by atoms with Crippen molar-refractivity contribution >= 4 is 11.8 Å². The number of pyridine rings is 1. The Morgan fingerprint density at radius 3 is 2.77 bits per heavy atom. The number of ether oxygens (including phenoxy) is 1. The maximum atomic E-state index is 13.6. The SMILES string of the molecule is COc1ccccc1Cc1cc(C(=O)N2CCC[C@@H]3N(C(C)=O)CCC[C@@]32C)ccn1.